The highest BCUT2D eigenvalue weighted by molar-refractivity contribution is 5.97. The van der Waals surface area contributed by atoms with Gasteiger partial charge in [-0.1, -0.05) is 91.9 Å². The molecule has 4 aliphatic rings. The van der Waals surface area contributed by atoms with Gasteiger partial charge in [0.2, 0.25) is 0 Å². The number of fused-ring (bicyclic) bond motifs is 6. The average molecular weight is 670 g/mol. The number of allylic oxidation sites excluding steroid dienone is 12. The SMILES string of the molecule is CC1C=C(C2=C(n3c4c(c5ccccc53)C=C(C#N)C=CC4)CCC=C2)C=C(c2ccc(-n3c4c(c5ccccc53)C=CCC4)c(C#N)c2C#N)C1. The highest BCUT2D eigenvalue weighted by Crippen LogP contribution is 2.43. The molecule has 0 spiro atoms. The third-order valence-corrected chi connectivity index (χ3v) is 11.0. The van der Waals surface area contributed by atoms with Crippen LogP contribution in [0.25, 0.3) is 50.9 Å². The van der Waals surface area contributed by atoms with Gasteiger partial charge in [-0.15, -0.1) is 0 Å². The summed E-state index contributed by atoms with van der Waals surface area (Å²) >= 11 is 0. The molecule has 1 atom stereocenters. The molecule has 248 valence electrons. The highest BCUT2D eigenvalue weighted by Gasteiger charge is 2.27. The monoisotopic (exact) mass is 669 g/mol. The molecule has 5 nitrogen and oxygen atoms in total. The molecule has 0 aliphatic heterocycles. The number of aromatic nitrogens is 2. The number of rotatable bonds is 4. The van der Waals surface area contributed by atoms with E-state index < -0.39 is 0 Å². The second-order valence-electron chi connectivity index (χ2n) is 14.1. The molecule has 2 heterocycles. The standard InChI is InChI=1S/C47H35N5/c1-30-23-32(34-21-22-47(41(29-50)40(34)28-49)52-43-17-7-3-13-36(43)37-14-4-8-18-44(37)52)26-33(24-30)35-12-2-6-16-42(35)51-45-19-9-5-15-38(45)39-25-31(27-48)11-10-20-46(39)51/h2-5,7,9-15,17,19,21-22,24-26,30H,6,8,16,18,20,23H2,1H3. The minimum atomic E-state index is 0.227. The maximum atomic E-state index is 10.7. The van der Waals surface area contributed by atoms with Crippen molar-refractivity contribution in [2.24, 2.45) is 5.92 Å². The van der Waals surface area contributed by atoms with Gasteiger partial charge in [-0.3, -0.25) is 0 Å². The van der Waals surface area contributed by atoms with Crippen molar-refractivity contribution in [2.75, 3.05) is 0 Å². The summed E-state index contributed by atoms with van der Waals surface area (Å²) in [5.41, 5.74) is 14.6. The molecule has 0 N–H and O–H groups in total. The molecule has 5 aromatic rings. The van der Waals surface area contributed by atoms with Crippen molar-refractivity contribution >= 4 is 45.2 Å². The summed E-state index contributed by atoms with van der Waals surface area (Å²) in [5, 5.41) is 33.5. The van der Waals surface area contributed by atoms with E-state index in [4.69, 9.17) is 0 Å². The van der Waals surface area contributed by atoms with Crippen LogP contribution in [0, 0.1) is 39.9 Å². The topological polar surface area (TPSA) is 81.2 Å². The molecule has 0 bridgehead atoms. The Morgan fingerprint density at radius 3 is 2.19 bits per heavy atom. The van der Waals surface area contributed by atoms with E-state index in [0.717, 1.165) is 88.3 Å². The van der Waals surface area contributed by atoms with E-state index in [1.807, 2.05) is 24.3 Å². The lowest BCUT2D eigenvalue weighted by Crippen LogP contribution is -2.11. The van der Waals surface area contributed by atoms with Gasteiger partial charge in [0.25, 0.3) is 0 Å². The second-order valence-corrected chi connectivity index (χ2v) is 14.1. The van der Waals surface area contributed by atoms with Crippen molar-refractivity contribution in [1.29, 1.82) is 15.8 Å². The van der Waals surface area contributed by atoms with Crippen LogP contribution in [-0.2, 0) is 12.8 Å². The van der Waals surface area contributed by atoms with Crippen molar-refractivity contribution in [3.63, 3.8) is 0 Å². The number of benzene rings is 3. The van der Waals surface area contributed by atoms with Crippen molar-refractivity contribution < 1.29 is 0 Å². The van der Waals surface area contributed by atoms with Gasteiger partial charge in [0.1, 0.15) is 12.1 Å². The van der Waals surface area contributed by atoms with Crippen LogP contribution >= 0.6 is 0 Å². The summed E-state index contributed by atoms with van der Waals surface area (Å²) in [6.45, 7) is 2.23. The predicted octanol–water partition coefficient (Wildman–Crippen LogP) is 10.9. The third kappa shape index (κ3) is 4.88. The Balaban J connectivity index is 1.21. The number of hydrogen-bond acceptors (Lipinski definition) is 3. The van der Waals surface area contributed by atoms with Crippen LogP contribution in [0.1, 0.15) is 71.8 Å². The molecule has 5 heteroatoms. The maximum Gasteiger partial charge on any atom is 0.103 e. The lowest BCUT2D eigenvalue weighted by atomic mass is 9.82. The zero-order chi connectivity index (χ0) is 35.3. The molecule has 0 radical (unpaired) electrons. The van der Waals surface area contributed by atoms with Crippen LogP contribution in [0.5, 0.6) is 0 Å². The molecule has 4 aliphatic carbocycles. The first-order valence-electron chi connectivity index (χ1n) is 18.1. The summed E-state index contributed by atoms with van der Waals surface area (Å²) in [7, 11) is 0. The largest absolute Gasteiger partial charge is 0.316 e. The summed E-state index contributed by atoms with van der Waals surface area (Å²) in [6, 6.07) is 28.2. The smallest absolute Gasteiger partial charge is 0.103 e. The minimum absolute atomic E-state index is 0.227. The fourth-order valence-corrected chi connectivity index (χ4v) is 8.79. The third-order valence-electron chi connectivity index (χ3n) is 11.0. The zero-order valence-corrected chi connectivity index (χ0v) is 29.0. The molecule has 0 amide bonds. The lowest BCUT2D eigenvalue weighted by Gasteiger charge is -2.26. The normalized spacial score (nSPS) is 17.8. The second kappa shape index (κ2) is 12.6. The van der Waals surface area contributed by atoms with Crippen LogP contribution < -0.4 is 0 Å². The van der Waals surface area contributed by atoms with Crippen LogP contribution in [0.15, 0.2) is 120 Å². The van der Waals surface area contributed by atoms with E-state index >= 15 is 0 Å². The number of para-hydroxylation sites is 2. The number of nitrogens with zero attached hydrogens (tertiary/aromatic N) is 5. The van der Waals surface area contributed by atoms with Gasteiger partial charge in [-0.05, 0) is 85.1 Å². The average Bonchev–Trinajstić information content (AvgIpc) is 3.58. The molecule has 3 aromatic carbocycles. The van der Waals surface area contributed by atoms with Crippen LogP contribution in [0.4, 0.5) is 0 Å². The Morgan fingerprint density at radius 2 is 1.40 bits per heavy atom. The predicted molar refractivity (Wildman–Crippen MR) is 210 cm³/mol. The Kier molecular flexibility index (Phi) is 7.61. The van der Waals surface area contributed by atoms with Gasteiger partial charge in [0.05, 0.1) is 39.5 Å². The molecular weight excluding hydrogens is 635 g/mol. The Bertz CT molecular complexity index is 2720. The van der Waals surface area contributed by atoms with Gasteiger partial charge >= 0.3 is 0 Å². The van der Waals surface area contributed by atoms with E-state index in [2.05, 4.69) is 125 Å². The van der Waals surface area contributed by atoms with Crippen LogP contribution in [-0.4, -0.2) is 9.13 Å². The minimum Gasteiger partial charge on any atom is -0.316 e. The van der Waals surface area contributed by atoms with Crippen LogP contribution in [0.3, 0.4) is 0 Å². The summed E-state index contributed by atoms with van der Waals surface area (Å²) in [4.78, 5) is 0. The molecular formula is C47H35N5. The molecule has 0 saturated heterocycles. The lowest BCUT2D eigenvalue weighted by molar-refractivity contribution is 0.742. The van der Waals surface area contributed by atoms with E-state index in [0.29, 0.717) is 16.7 Å². The maximum absolute atomic E-state index is 10.7. The Hall–Kier alpha value is -6.61. The Labute approximate surface area is 303 Å². The number of nitriles is 3. The van der Waals surface area contributed by atoms with Crippen molar-refractivity contribution in [3.05, 3.63) is 159 Å². The van der Waals surface area contributed by atoms with Gasteiger partial charge in [-0.25, -0.2) is 0 Å². The quantitative estimate of drug-likeness (QED) is 0.191. The van der Waals surface area contributed by atoms with Gasteiger partial charge in [-0.2, -0.15) is 15.8 Å². The molecule has 2 aromatic heterocycles. The van der Waals surface area contributed by atoms with Crippen molar-refractivity contribution in [1.82, 2.24) is 9.13 Å². The first-order valence-corrected chi connectivity index (χ1v) is 18.1. The zero-order valence-electron chi connectivity index (χ0n) is 29.0. The molecule has 9 rings (SSSR count). The molecule has 52 heavy (non-hydrogen) atoms. The van der Waals surface area contributed by atoms with E-state index in [-0.39, 0.29) is 5.92 Å². The molecule has 0 saturated carbocycles. The Morgan fingerprint density at radius 1 is 0.673 bits per heavy atom. The van der Waals surface area contributed by atoms with E-state index in [1.165, 1.54) is 28.2 Å². The van der Waals surface area contributed by atoms with Gasteiger partial charge in [0.15, 0.2) is 0 Å². The fraction of sp³-hybridized carbons (Fsp3) is 0.170. The van der Waals surface area contributed by atoms with Crippen LogP contribution in [0.2, 0.25) is 0 Å². The summed E-state index contributed by atoms with van der Waals surface area (Å²) in [5.74, 6) is 0.227. The summed E-state index contributed by atoms with van der Waals surface area (Å²) < 4.78 is 4.64. The summed E-state index contributed by atoms with van der Waals surface area (Å²) in [6.07, 6.45) is 24.7. The molecule has 1 unspecified atom stereocenters. The van der Waals surface area contributed by atoms with Crippen molar-refractivity contribution in [3.8, 4) is 23.9 Å². The van der Waals surface area contributed by atoms with Gasteiger partial charge in [0, 0.05) is 51.0 Å². The van der Waals surface area contributed by atoms with Crippen molar-refractivity contribution in [2.45, 2.75) is 45.4 Å². The first kappa shape index (κ1) is 31.4. The fourth-order valence-electron chi connectivity index (χ4n) is 8.79. The van der Waals surface area contributed by atoms with E-state index in [1.54, 1.807) is 0 Å². The molecule has 0 fully saturated rings. The van der Waals surface area contributed by atoms with Gasteiger partial charge < -0.3 is 9.13 Å². The highest BCUT2D eigenvalue weighted by atomic mass is 15.0. The first-order chi connectivity index (χ1) is 25.6. The van der Waals surface area contributed by atoms with E-state index in [9.17, 15) is 15.8 Å². The number of hydrogen-bond donors (Lipinski definition) is 0.